The summed E-state index contributed by atoms with van der Waals surface area (Å²) >= 11 is 0. The highest BCUT2D eigenvalue weighted by molar-refractivity contribution is 5.80. The number of hydrogen-bond acceptors (Lipinski definition) is 9. The monoisotopic (exact) mass is 549 g/mol. The summed E-state index contributed by atoms with van der Waals surface area (Å²) in [5, 5.41) is 12.4. The van der Waals surface area contributed by atoms with Crippen molar-refractivity contribution in [2.24, 2.45) is 0 Å². The summed E-state index contributed by atoms with van der Waals surface area (Å²) in [5.74, 6) is 0.665. The number of methoxy groups -OCH3 is 1. The predicted molar refractivity (Wildman–Crippen MR) is 144 cm³/mol. The fourth-order valence-corrected chi connectivity index (χ4v) is 7.01. The van der Waals surface area contributed by atoms with Crippen LogP contribution in [-0.2, 0) is 30.8 Å². The number of carbonyl (C=O) groups excluding carboxylic acids is 2. The van der Waals surface area contributed by atoms with Crippen molar-refractivity contribution in [1.82, 2.24) is 4.90 Å². The Kier molecular flexibility index (Phi) is 6.16. The molecule has 4 aliphatic rings. The van der Waals surface area contributed by atoms with Crippen molar-refractivity contribution in [1.29, 1.82) is 0 Å². The molecule has 0 amide bonds. The standard InChI is InChI=1S/C31H35NO8/c1-29(2,3)40-28(34)39-24(18-9-7-6-8-10-18)27(33)37-21-13-14-31(35)22-17-19-11-12-20(36-5)25-23(19)30(31,26(21)38-25)15-16-32(22)4/h6-13,22,24,26,35H,14-17H2,1-5H3/t22?,24-,26+,30+,31+/m1/s1. The molecule has 2 heterocycles. The zero-order valence-electron chi connectivity index (χ0n) is 23.4. The van der Waals surface area contributed by atoms with Gasteiger partial charge in [0.05, 0.1) is 18.1 Å². The van der Waals surface area contributed by atoms with Gasteiger partial charge >= 0.3 is 12.1 Å². The van der Waals surface area contributed by atoms with Gasteiger partial charge in [0.25, 0.3) is 0 Å². The summed E-state index contributed by atoms with van der Waals surface area (Å²) in [6.07, 6.45) is 0.221. The van der Waals surface area contributed by atoms with E-state index in [1.165, 1.54) is 0 Å². The van der Waals surface area contributed by atoms with Crippen LogP contribution in [0.2, 0.25) is 0 Å². The first kappa shape index (κ1) is 26.7. The minimum Gasteiger partial charge on any atom is -0.493 e. The van der Waals surface area contributed by atoms with E-state index in [0.717, 1.165) is 17.7 Å². The second-order valence-corrected chi connectivity index (χ2v) is 12.1. The van der Waals surface area contributed by atoms with E-state index >= 15 is 0 Å². The Balaban J connectivity index is 1.37. The molecule has 0 radical (unpaired) electrons. The molecule has 2 aromatic rings. The van der Waals surface area contributed by atoms with E-state index in [1.807, 2.05) is 19.2 Å². The van der Waals surface area contributed by atoms with E-state index < -0.39 is 40.9 Å². The third kappa shape index (κ3) is 3.89. The van der Waals surface area contributed by atoms with Crippen molar-refractivity contribution in [3.63, 3.8) is 0 Å². The summed E-state index contributed by atoms with van der Waals surface area (Å²) in [5.41, 5.74) is -0.264. The number of piperidine rings is 1. The van der Waals surface area contributed by atoms with E-state index in [-0.39, 0.29) is 18.2 Å². The van der Waals surface area contributed by atoms with Crippen LogP contribution in [0, 0.1) is 0 Å². The maximum atomic E-state index is 13.7. The molecular formula is C31H35NO8. The number of aliphatic hydroxyl groups is 1. The molecular weight excluding hydrogens is 514 g/mol. The molecule has 9 heteroatoms. The minimum absolute atomic E-state index is 0.125. The molecule has 9 nitrogen and oxygen atoms in total. The zero-order valence-corrected chi connectivity index (χ0v) is 23.4. The molecule has 2 aromatic carbocycles. The first-order valence-electron chi connectivity index (χ1n) is 13.6. The van der Waals surface area contributed by atoms with Gasteiger partial charge in [0.15, 0.2) is 17.6 Å². The van der Waals surface area contributed by atoms with Gasteiger partial charge in [-0.05, 0) is 64.9 Å². The molecule has 2 bridgehead atoms. The van der Waals surface area contributed by atoms with Crippen molar-refractivity contribution in [2.45, 2.75) is 74.9 Å². The molecule has 40 heavy (non-hydrogen) atoms. The molecule has 2 aliphatic carbocycles. The van der Waals surface area contributed by atoms with Crippen LogP contribution in [0.1, 0.15) is 56.4 Å². The SMILES string of the molecule is COc1ccc2c3c1O[C@H]1C(OC(=O)[C@H](OC(=O)OC(C)(C)C)c4ccccc4)=CC[C@]4(O)C(C2)N(C)CC[C@]314. The number of likely N-dealkylation sites (N-methyl/N-ethyl adjacent to an activating group) is 1. The molecule has 0 aromatic heterocycles. The summed E-state index contributed by atoms with van der Waals surface area (Å²) in [6, 6.07) is 12.5. The molecule has 2 aliphatic heterocycles. The molecule has 1 N–H and O–H groups in total. The Hall–Kier alpha value is -3.56. The maximum Gasteiger partial charge on any atom is 0.510 e. The van der Waals surface area contributed by atoms with Gasteiger partial charge in [-0.3, -0.25) is 0 Å². The van der Waals surface area contributed by atoms with Gasteiger partial charge in [0.2, 0.25) is 6.10 Å². The lowest BCUT2D eigenvalue weighted by Gasteiger charge is -2.61. The van der Waals surface area contributed by atoms with Crippen LogP contribution in [0.3, 0.4) is 0 Å². The van der Waals surface area contributed by atoms with Crippen LogP contribution in [0.5, 0.6) is 11.5 Å². The van der Waals surface area contributed by atoms with Gasteiger partial charge < -0.3 is 33.7 Å². The maximum absolute atomic E-state index is 13.7. The number of carbonyl (C=O) groups is 2. The van der Waals surface area contributed by atoms with Crippen LogP contribution >= 0.6 is 0 Å². The minimum atomic E-state index is -1.36. The number of hydrogen-bond donors (Lipinski definition) is 1. The van der Waals surface area contributed by atoms with Gasteiger partial charge in [0.1, 0.15) is 11.4 Å². The van der Waals surface area contributed by atoms with E-state index in [4.69, 9.17) is 23.7 Å². The normalized spacial score (nSPS) is 28.9. The molecule has 1 fully saturated rings. The van der Waals surface area contributed by atoms with Gasteiger partial charge in [0, 0.05) is 23.6 Å². The van der Waals surface area contributed by atoms with Crippen LogP contribution in [-0.4, -0.2) is 66.2 Å². The molecule has 1 unspecified atom stereocenters. The Morgan fingerprint density at radius 1 is 1.15 bits per heavy atom. The Bertz CT molecular complexity index is 1380. The Morgan fingerprint density at radius 2 is 1.90 bits per heavy atom. The lowest BCUT2D eigenvalue weighted by molar-refractivity contribution is -0.173. The van der Waals surface area contributed by atoms with E-state index in [0.29, 0.717) is 29.9 Å². The number of rotatable bonds is 5. The summed E-state index contributed by atoms with van der Waals surface area (Å²) in [4.78, 5) is 28.5. The smallest absolute Gasteiger partial charge is 0.493 e. The lowest BCUT2D eigenvalue weighted by atomic mass is 9.50. The number of nitrogens with zero attached hydrogens (tertiary/aromatic N) is 1. The number of esters is 1. The van der Waals surface area contributed by atoms with Gasteiger partial charge in [-0.15, -0.1) is 0 Å². The molecule has 6 rings (SSSR count). The molecule has 1 spiro atoms. The number of ether oxygens (including phenoxy) is 5. The number of likely N-dealkylation sites (tertiary alicyclic amines) is 1. The van der Waals surface area contributed by atoms with E-state index in [2.05, 4.69) is 4.90 Å². The highest BCUT2D eigenvalue weighted by Gasteiger charge is 2.72. The fourth-order valence-electron chi connectivity index (χ4n) is 7.01. The van der Waals surface area contributed by atoms with Crippen LogP contribution in [0.25, 0.3) is 0 Å². The highest BCUT2D eigenvalue weighted by atomic mass is 16.7. The van der Waals surface area contributed by atoms with Crippen molar-refractivity contribution < 1.29 is 38.4 Å². The summed E-state index contributed by atoms with van der Waals surface area (Å²) in [7, 11) is 3.62. The third-order valence-electron chi connectivity index (χ3n) is 8.70. The average molecular weight is 550 g/mol. The van der Waals surface area contributed by atoms with Crippen LogP contribution < -0.4 is 9.47 Å². The van der Waals surface area contributed by atoms with Crippen molar-refractivity contribution in [3.8, 4) is 11.5 Å². The topological polar surface area (TPSA) is 104 Å². The van der Waals surface area contributed by atoms with E-state index in [9.17, 15) is 14.7 Å². The molecule has 5 atom stereocenters. The molecule has 1 saturated heterocycles. The first-order valence-corrected chi connectivity index (χ1v) is 13.6. The Morgan fingerprint density at radius 3 is 2.60 bits per heavy atom. The highest BCUT2D eigenvalue weighted by Crippen LogP contribution is 2.65. The van der Waals surface area contributed by atoms with Crippen molar-refractivity contribution in [3.05, 3.63) is 71.0 Å². The summed E-state index contributed by atoms with van der Waals surface area (Å²) < 4.78 is 29.1. The second kappa shape index (κ2) is 9.24. The fraction of sp³-hybridized carbons (Fsp3) is 0.484. The third-order valence-corrected chi connectivity index (χ3v) is 8.70. The van der Waals surface area contributed by atoms with Crippen LogP contribution in [0.15, 0.2) is 54.3 Å². The van der Waals surface area contributed by atoms with Crippen molar-refractivity contribution in [2.75, 3.05) is 20.7 Å². The summed E-state index contributed by atoms with van der Waals surface area (Å²) in [6.45, 7) is 5.90. The van der Waals surface area contributed by atoms with Crippen molar-refractivity contribution >= 4 is 12.1 Å². The van der Waals surface area contributed by atoms with Crippen LogP contribution in [0.4, 0.5) is 4.79 Å². The first-order chi connectivity index (χ1) is 19.0. The zero-order chi connectivity index (χ0) is 28.4. The quantitative estimate of drug-likeness (QED) is 0.550. The largest absolute Gasteiger partial charge is 0.510 e. The van der Waals surface area contributed by atoms with Gasteiger partial charge in [-0.1, -0.05) is 36.4 Å². The molecule has 212 valence electrons. The average Bonchev–Trinajstić information content (AvgIpc) is 3.26. The van der Waals surface area contributed by atoms with Gasteiger partial charge in [-0.25, -0.2) is 9.59 Å². The van der Waals surface area contributed by atoms with Gasteiger partial charge in [-0.2, -0.15) is 0 Å². The lowest BCUT2D eigenvalue weighted by Crippen LogP contribution is -2.74. The second-order valence-electron chi connectivity index (χ2n) is 12.1. The van der Waals surface area contributed by atoms with E-state index in [1.54, 1.807) is 64.3 Å². The Labute approximate surface area is 233 Å². The molecule has 0 saturated carbocycles. The number of benzene rings is 2. The predicted octanol–water partition coefficient (Wildman–Crippen LogP) is 4.21.